The zero-order valence-corrected chi connectivity index (χ0v) is 10.0. The standard InChI is InChI=1S/C14H11N3O2/c18-11-5-9-7(6-16-11)1-2-8-12-10(17-13(8)9)3-4-15-14(12)19/h1-2,5-6,17H,3-4H2,(H,15,19)(H,16,18). The van der Waals surface area contributed by atoms with Gasteiger partial charge < -0.3 is 15.3 Å². The van der Waals surface area contributed by atoms with Crippen LogP contribution < -0.4 is 10.9 Å². The smallest absolute Gasteiger partial charge is 0.253 e. The van der Waals surface area contributed by atoms with E-state index in [0.29, 0.717) is 12.1 Å². The molecule has 1 amide bonds. The predicted molar refractivity (Wildman–Crippen MR) is 72.5 cm³/mol. The minimum absolute atomic E-state index is 0.0447. The van der Waals surface area contributed by atoms with Gasteiger partial charge >= 0.3 is 0 Å². The summed E-state index contributed by atoms with van der Waals surface area (Å²) in [6.45, 7) is 0.650. The maximum atomic E-state index is 12.0. The van der Waals surface area contributed by atoms with E-state index in [0.717, 1.165) is 33.8 Å². The third-order valence-electron chi connectivity index (χ3n) is 3.66. The summed E-state index contributed by atoms with van der Waals surface area (Å²) in [5, 5.41) is 5.53. The number of H-pyrrole nitrogens is 2. The van der Waals surface area contributed by atoms with Crippen LogP contribution >= 0.6 is 0 Å². The molecule has 1 aromatic carbocycles. The lowest BCUT2D eigenvalue weighted by Gasteiger charge is -2.11. The van der Waals surface area contributed by atoms with Crippen LogP contribution in [0.25, 0.3) is 21.7 Å². The van der Waals surface area contributed by atoms with Crippen LogP contribution in [0.1, 0.15) is 16.1 Å². The molecule has 5 nitrogen and oxygen atoms in total. The number of nitrogens with one attached hydrogen (secondary N) is 3. The summed E-state index contributed by atoms with van der Waals surface area (Å²) in [6, 6.07) is 5.41. The molecule has 0 atom stereocenters. The number of carbonyl (C=O) groups is 1. The number of pyridine rings is 1. The van der Waals surface area contributed by atoms with Crippen molar-refractivity contribution in [3.05, 3.63) is 46.0 Å². The van der Waals surface area contributed by atoms with E-state index in [9.17, 15) is 9.59 Å². The third-order valence-corrected chi connectivity index (χ3v) is 3.66. The summed E-state index contributed by atoms with van der Waals surface area (Å²) < 4.78 is 0. The highest BCUT2D eigenvalue weighted by Crippen LogP contribution is 2.29. The third kappa shape index (κ3) is 1.35. The molecule has 94 valence electrons. The van der Waals surface area contributed by atoms with E-state index in [-0.39, 0.29) is 11.5 Å². The average Bonchev–Trinajstić information content (AvgIpc) is 2.79. The van der Waals surface area contributed by atoms with Gasteiger partial charge in [-0.1, -0.05) is 12.1 Å². The van der Waals surface area contributed by atoms with Gasteiger partial charge in [-0.2, -0.15) is 0 Å². The number of fused-ring (bicyclic) bond motifs is 5. The van der Waals surface area contributed by atoms with Crippen molar-refractivity contribution in [2.75, 3.05) is 6.54 Å². The van der Waals surface area contributed by atoms with Crippen molar-refractivity contribution in [1.29, 1.82) is 0 Å². The zero-order valence-electron chi connectivity index (χ0n) is 10.0. The monoisotopic (exact) mass is 253 g/mol. The highest BCUT2D eigenvalue weighted by molar-refractivity contribution is 6.15. The molecule has 2 aromatic heterocycles. The van der Waals surface area contributed by atoms with Gasteiger partial charge in [0.1, 0.15) is 0 Å². The molecule has 0 saturated carbocycles. The number of rotatable bonds is 0. The number of carbonyl (C=O) groups excluding carboxylic acids is 1. The molecule has 5 heteroatoms. The molecule has 3 aromatic rings. The van der Waals surface area contributed by atoms with Crippen LogP contribution in [-0.4, -0.2) is 22.4 Å². The van der Waals surface area contributed by atoms with Gasteiger partial charge in [0.15, 0.2) is 0 Å². The quantitative estimate of drug-likeness (QED) is 0.564. The number of hydrogen-bond donors (Lipinski definition) is 3. The summed E-state index contributed by atoms with van der Waals surface area (Å²) in [6.07, 6.45) is 2.48. The van der Waals surface area contributed by atoms with Gasteiger partial charge in [-0.3, -0.25) is 9.59 Å². The minimum Gasteiger partial charge on any atom is -0.357 e. The van der Waals surface area contributed by atoms with Crippen molar-refractivity contribution < 1.29 is 4.79 Å². The number of aromatic nitrogens is 2. The van der Waals surface area contributed by atoms with Crippen molar-refractivity contribution >= 4 is 27.6 Å². The van der Waals surface area contributed by atoms with E-state index in [2.05, 4.69) is 15.3 Å². The lowest BCUT2D eigenvalue weighted by Crippen LogP contribution is -2.31. The van der Waals surface area contributed by atoms with E-state index in [1.165, 1.54) is 0 Å². The van der Waals surface area contributed by atoms with Gasteiger partial charge in [-0.15, -0.1) is 0 Å². The molecule has 4 rings (SSSR count). The summed E-state index contributed by atoms with van der Waals surface area (Å²) in [4.78, 5) is 29.4. The molecule has 1 aliphatic heterocycles. The molecule has 0 saturated heterocycles. The first kappa shape index (κ1) is 10.4. The van der Waals surface area contributed by atoms with Crippen LogP contribution in [0.3, 0.4) is 0 Å². The maximum Gasteiger partial charge on any atom is 0.253 e. The Bertz CT molecular complexity index is 889. The summed E-state index contributed by atoms with van der Waals surface area (Å²) in [5.74, 6) is -0.0447. The van der Waals surface area contributed by atoms with Gasteiger partial charge in [0, 0.05) is 47.1 Å². The van der Waals surface area contributed by atoms with Crippen molar-refractivity contribution in [1.82, 2.24) is 15.3 Å². The van der Waals surface area contributed by atoms with Crippen LogP contribution in [-0.2, 0) is 6.42 Å². The molecule has 0 aliphatic carbocycles. The largest absolute Gasteiger partial charge is 0.357 e. The maximum absolute atomic E-state index is 12.0. The molecular formula is C14H11N3O2. The normalized spacial score (nSPS) is 14.6. The van der Waals surface area contributed by atoms with Gasteiger partial charge in [-0.05, 0) is 0 Å². The van der Waals surface area contributed by atoms with E-state index in [1.54, 1.807) is 12.3 Å². The Balaban J connectivity index is 2.20. The SMILES string of the molecule is O=C1NCCc2[nH]c3c(ccc4c[nH]c(=O)cc43)c21. The van der Waals surface area contributed by atoms with Crippen molar-refractivity contribution in [3.8, 4) is 0 Å². The zero-order chi connectivity index (χ0) is 13.0. The second kappa shape index (κ2) is 3.47. The second-order valence-electron chi connectivity index (χ2n) is 4.77. The highest BCUT2D eigenvalue weighted by Gasteiger charge is 2.22. The van der Waals surface area contributed by atoms with E-state index < -0.39 is 0 Å². The van der Waals surface area contributed by atoms with Gasteiger partial charge in [-0.25, -0.2) is 0 Å². The highest BCUT2D eigenvalue weighted by atomic mass is 16.1. The van der Waals surface area contributed by atoms with E-state index in [4.69, 9.17) is 0 Å². The Morgan fingerprint density at radius 1 is 1.11 bits per heavy atom. The molecule has 0 unspecified atom stereocenters. The molecule has 1 aliphatic rings. The topological polar surface area (TPSA) is 77.8 Å². The number of amides is 1. The molecule has 0 bridgehead atoms. The van der Waals surface area contributed by atoms with Gasteiger partial charge in [0.05, 0.1) is 11.1 Å². The Morgan fingerprint density at radius 2 is 2.00 bits per heavy atom. The first-order chi connectivity index (χ1) is 9.24. The molecule has 0 fully saturated rings. The fraction of sp³-hybridized carbons (Fsp3) is 0.143. The van der Waals surface area contributed by atoms with Crippen molar-refractivity contribution in [2.45, 2.75) is 6.42 Å². The molecule has 0 spiro atoms. The van der Waals surface area contributed by atoms with E-state index in [1.807, 2.05) is 12.1 Å². The van der Waals surface area contributed by atoms with Crippen LogP contribution in [0.4, 0.5) is 0 Å². The van der Waals surface area contributed by atoms with Gasteiger partial charge in [0.25, 0.3) is 5.91 Å². The lowest BCUT2D eigenvalue weighted by atomic mass is 10.0. The van der Waals surface area contributed by atoms with Crippen LogP contribution in [0.15, 0.2) is 29.2 Å². The lowest BCUT2D eigenvalue weighted by molar-refractivity contribution is 0.0947. The first-order valence-electron chi connectivity index (χ1n) is 6.18. The summed E-state index contributed by atoms with van der Waals surface area (Å²) in [5.41, 5.74) is 2.39. The Hall–Kier alpha value is -2.56. The van der Waals surface area contributed by atoms with Gasteiger partial charge in [0.2, 0.25) is 5.56 Å². The molecule has 0 radical (unpaired) electrons. The Kier molecular flexibility index (Phi) is 1.90. The number of aromatic amines is 2. The van der Waals surface area contributed by atoms with E-state index >= 15 is 0 Å². The Labute approximate surface area is 107 Å². The molecule has 3 heterocycles. The minimum atomic E-state index is -0.142. The summed E-state index contributed by atoms with van der Waals surface area (Å²) in [7, 11) is 0. The second-order valence-corrected chi connectivity index (χ2v) is 4.77. The molecular weight excluding hydrogens is 242 g/mol. The molecule has 19 heavy (non-hydrogen) atoms. The van der Waals surface area contributed by atoms with Crippen molar-refractivity contribution in [3.63, 3.8) is 0 Å². The predicted octanol–water partition coefficient (Wildman–Crippen LogP) is 1.30. The van der Waals surface area contributed by atoms with Crippen LogP contribution in [0.5, 0.6) is 0 Å². The van der Waals surface area contributed by atoms with Crippen molar-refractivity contribution in [2.24, 2.45) is 0 Å². The fourth-order valence-corrected chi connectivity index (χ4v) is 2.79. The number of benzene rings is 1. The summed E-state index contributed by atoms with van der Waals surface area (Å²) >= 11 is 0. The molecule has 3 N–H and O–H groups in total. The van der Waals surface area contributed by atoms with Crippen LogP contribution in [0, 0.1) is 0 Å². The first-order valence-corrected chi connectivity index (χ1v) is 6.18. The average molecular weight is 253 g/mol. The number of hydrogen-bond acceptors (Lipinski definition) is 2. The van der Waals surface area contributed by atoms with Crippen LogP contribution in [0.2, 0.25) is 0 Å². The fourth-order valence-electron chi connectivity index (χ4n) is 2.79. The Morgan fingerprint density at radius 3 is 2.89 bits per heavy atom.